The van der Waals surface area contributed by atoms with Crippen LogP contribution in [-0.4, -0.2) is 56.6 Å². The van der Waals surface area contributed by atoms with E-state index in [1.165, 1.54) is 0 Å². The van der Waals surface area contributed by atoms with Gasteiger partial charge in [-0.2, -0.15) is 0 Å². The number of aliphatic hydroxyl groups is 1. The highest BCUT2D eigenvalue weighted by Crippen LogP contribution is 2.24. The molecule has 172 valence electrons. The first-order valence-electron chi connectivity index (χ1n) is 10.8. The van der Waals surface area contributed by atoms with Gasteiger partial charge in [-0.05, 0) is 49.8 Å². The van der Waals surface area contributed by atoms with Gasteiger partial charge in [0.15, 0.2) is 5.96 Å². The fraction of sp³-hybridized carbons (Fsp3) is 0.682. The second-order valence-electron chi connectivity index (χ2n) is 7.92. The molecule has 0 radical (unpaired) electrons. The summed E-state index contributed by atoms with van der Waals surface area (Å²) in [5, 5.41) is 16.1. The van der Waals surface area contributed by atoms with Crippen molar-refractivity contribution in [3.05, 3.63) is 29.6 Å². The van der Waals surface area contributed by atoms with Gasteiger partial charge in [0, 0.05) is 32.8 Å². The van der Waals surface area contributed by atoms with Gasteiger partial charge in [0.25, 0.3) is 0 Å². The van der Waals surface area contributed by atoms with Crippen LogP contribution in [-0.2, 0) is 11.3 Å². The second-order valence-corrected chi connectivity index (χ2v) is 7.92. The Morgan fingerprint density at radius 3 is 2.63 bits per heavy atom. The summed E-state index contributed by atoms with van der Waals surface area (Å²) in [6.07, 6.45) is 2.17. The molecular formula is C22H38FIN4O2. The van der Waals surface area contributed by atoms with Crippen molar-refractivity contribution >= 4 is 35.6 Å². The summed E-state index contributed by atoms with van der Waals surface area (Å²) < 4.78 is 20.2. The molecule has 1 fully saturated rings. The zero-order valence-corrected chi connectivity index (χ0v) is 20.8. The van der Waals surface area contributed by atoms with Crippen molar-refractivity contribution in [2.75, 3.05) is 44.3 Å². The topological polar surface area (TPSA) is 69.1 Å². The zero-order chi connectivity index (χ0) is 21.1. The Hall–Kier alpha value is -1.13. The summed E-state index contributed by atoms with van der Waals surface area (Å²) in [5.41, 5.74) is 1.43. The number of hydrogen-bond donors (Lipinski definition) is 3. The van der Waals surface area contributed by atoms with E-state index in [-0.39, 0.29) is 35.9 Å². The summed E-state index contributed by atoms with van der Waals surface area (Å²) in [6.45, 7) is 11.0. The number of hydrogen-bond acceptors (Lipinski definition) is 4. The van der Waals surface area contributed by atoms with Crippen LogP contribution in [0.15, 0.2) is 23.2 Å². The summed E-state index contributed by atoms with van der Waals surface area (Å²) in [5.74, 6) is 1.12. The maximum absolute atomic E-state index is 14.6. The van der Waals surface area contributed by atoms with Crippen molar-refractivity contribution in [3.8, 4) is 0 Å². The predicted molar refractivity (Wildman–Crippen MR) is 132 cm³/mol. The quantitative estimate of drug-likeness (QED) is 0.185. The lowest BCUT2D eigenvalue weighted by Gasteiger charge is -2.31. The minimum absolute atomic E-state index is 0. The van der Waals surface area contributed by atoms with Gasteiger partial charge in [-0.25, -0.2) is 9.38 Å². The largest absolute Gasteiger partial charge is 0.393 e. The Bertz CT molecular complexity index is 638. The zero-order valence-electron chi connectivity index (χ0n) is 18.5. The first-order valence-corrected chi connectivity index (χ1v) is 10.8. The van der Waals surface area contributed by atoms with Gasteiger partial charge < -0.3 is 25.4 Å². The van der Waals surface area contributed by atoms with Crippen LogP contribution < -0.4 is 15.5 Å². The highest BCUT2D eigenvalue weighted by molar-refractivity contribution is 14.0. The van der Waals surface area contributed by atoms with Crippen LogP contribution in [0.25, 0.3) is 0 Å². The van der Waals surface area contributed by atoms with Crippen molar-refractivity contribution in [1.29, 1.82) is 0 Å². The molecule has 0 spiro atoms. The van der Waals surface area contributed by atoms with E-state index in [9.17, 15) is 9.50 Å². The van der Waals surface area contributed by atoms with Crippen LogP contribution in [0, 0.1) is 11.7 Å². The molecule has 2 rings (SSSR count). The highest BCUT2D eigenvalue weighted by atomic mass is 127. The minimum atomic E-state index is -0.263. The molecule has 0 aliphatic carbocycles. The van der Waals surface area contributed by atoms with Crippen LogP contribution in [0.1, 0.15) is 45.6 Å². The molecule has 6 nitrogen and oxygen atoms in total. The number of anilines is 1. The van der Waals surface area contributed by atoms with Gasteiger partial charge in [0.1, 0.15) is 5.82 Å². The van der Waals surface area contributed by atoms with E-state index in [0.29, 0.717) is 63.2 Å². The number of aliphatic hydroxyl groups excluding tert-OH is 1. The molecule has 1 aliphatic rings. The molecule has 8 heteroatoms. The van der Waals surface area contributed by atoms with E-state index in [0.717, 1.165) is 25.1 Å². The molecule has 1 aliphatic heterocycles. The third kappa shape index (κ3) is 9.78. The number of nitrogens with one attached hydrogen (secondary N) is 2. The third-order valence-corrected chi connectivity index (χ3v) is 4.96. The summed E-state index contributed by atoms with van der Waals surface area (Å²) in [4.78, 5) is 6.55. The van der Waals surface area contributed by atoms with Gasteiger partial charge in [-0.15, -0.1) is 24.0 Å². The molecule has 0 atom stereocenters. The lowest BCUT2D eigenvalue weighted by Crippen LogP contribution is -2.39. The van der Waals surface area contributed by atoms with E-state index >= 15 is 0 Å². The van der Waals surface area contributed by atoms with E-state index in [4.69, 9.17) is 4.74 Å². The monoisotopic (exact) mass is 536 g/mol. The number of piperidine rings is 1. The van der Waals surface area contributed by atoms with Gasteiger partial charge in [-0.1, -0.05) is 19.9 Å². The van der Waals surface area contributed by atoms with Crippen LogP contribution in [0.5, 0.6) is 0 Å². The lowest BCUT2D eigenvalue weighted by molar-refractivity contribution is 0.128. The van der Waals surface area contributed by atoms with E-state index < -0.39 is 0 Å². The summed E-state index contributed by atoms with van der Waals surface area (Å²) in [6, 6.07) is 5.30. The number of aliphatic imine (C=N–C) groups is 1. The van der Waals surface area contributed by atoms with Crippen molar-refractivity contribution in [2.45, 2.75) is 52.7 Å². The molecular weight excluding hydrogens is 498 g/mol. The molecule has 1 aromatic rings. The molecule has 0 unspecified atom stereocenters. The van der Waals surface area contributed by atoms with Crippen LogP contribution in [0.2, 0.25) is 0 Å². The average Bonchev–Trinajstić information content (AvgIpc) is 2.69. The first-order chi connectivity index (χ1) is 14.0. The normalized spacial score (nSPS) is 15.3. The number of guanidine groups is 1. The Morgan fingerprint density at radius 2 is 2.00 bits per heavy atom. The molecule has 0 amide bonds. The van der Waals surface area contributed by atoms with Crippen LogP contribution >= 0.6 is 24.0 Å². The molecule has 1 aromatic carbocycles. The molecule has 1 saturated heterocycles. The number of benzene rings is 1. The Morgan fingerprint density at radius 1 is 1.27 bits per heavy atom. The minimum Gasteiger partial charge on any atom is -0.393 e. The molecule has 30 heavy (non-hydrogen) atoms. The standard InChI is InChI=1S/C22H37FN4O2.HI/c1-4-24-22(25-10-14-29-13-9-17(2)3)26-16-18-5-6-21(20(23)15-18)27-11-7-19(28)8-12-27;/h5-6,15,17,19,28H,4,7-14,16H2,1-3H3,(H2,24,25,26);1H. The number of rotatable bonds is 10. The molecule has 0 saturated carbocycles. The Balaban J connectivity index is 0.00000450. The van der Waals surface area contributed by atoms with Crippen molar-refractivity contribution in [3.63, 3.8) is 0 Å². The Kier molecular flexibility index (Phi) is 13.3. The average molecular weight is 536 g/mol. The highest BCUT2D eigenvalue weighted by Gasteiger charge is 2.19. The fourth-order valence-electron chi connectivity index (χ4n) is 3.19. The van der Waals surface area contributed by atoms with Gasteiger partial charge in [0.2, 0.25) is 0 Å². The fourth-order valence-corrected chi connectivity index (χ4v) is 3.19. The summed E-state index contributed by atoms with van der Waals surface area (Å²) >= 11 is 0. The molecule has 0 bridgehead atoms. The van der Waals surface area contributed by atoms with E-state index in [1.54, 1.807) is 6.07 Å². The number of nitrogens with zero attached hydrogens (tertiary/aromatic N) is 2. The smallest absolute Gasteiger partial charge is 0.191 e. The number of ether oxygens (including phenoxy) is 1. The molecule has 0 aromatic heterocycles. The van der Waals surface area contributed by atoms with Crippen molar-refractivity contribution in [2.24, 2.45) is 10.9 Å². The van der Waals surface area contributed by atoms with E-state index in [2.05, 4.69) is 29.5 Å². The van der Waals surface area contributed by atoms with Crippen LogP contribution in [0.3, 0.4) is 0 Å². The maximum Gasteiger partial charge on any atom is 0.191 e. The van der Waals surface area contributed by atoms with Gasteiger partial charge in [0.05, 0.1) is 24.9 Å². The molecule has 3 N–H and O–H groups in total. The SMILES string of the molecule is CCNC(=NCc1ccc(N2CCC(O)CC2)c(F)c1)NCCOCCC(C)C.I. The second kappa shape index (κ2) is 14.8. The first kappa shape index (κ1) is 26.9. The van der Waals surface area contributed by atoms with E-state index in [1.807, 2.05) is 24.0 Å². The van der Waals surface area contributed by atoms with Crippen molar-refractivity contribution in [1.82, 2.24) is 10.6 Å². The lowest BCUT2D eigenvalue weighted by atomic mass is 10.1. The Labute approximate surface area is 197 Å². The van der Waals surface area contributed by atoms with Crippen molar-refractivity contribution < 1.29 is 14.2 Å². The van der Waals surface area contributed by atoms with Gasteiger partial charge >= 0.3 is 0 Å². The number of halogens is 2. The maximum atomic E-state index is 14.6. The third-order valence-electron chi connectivity index (χ3n) is 4.96. The molecule has 1 heterocycles. The summed E-state index contributed by atoms with van der Waals surface area (Å²) in [7, 11) is 0. The predicted octanol–water partition coefficient (Wildman–Crippen LogP) is 3.52. The van der Waals surface area contributed by atoms with Crippen LogP contribution in [0.4, 0.5) is 10.1 Å². The van der Waals surface area contributed by atoms with Gasteiger partial charge in [-0.3, -0.25) is 0 Å².